The van der Waals surface area contributed by atoms with Crippen LogP contribution in [0.4, 0.5) is 0 Å². The van der Waals surface area contributed by atoms with Gasteiger partial charge >= 0.3 is 0 Å². The van der Waals surface area contributed by atoms with E-state index in [4.69, 9.17) is 0 Å². The molecule has 0 aliphatic heterocycles. The Morgan fingerprint density at radius 2 is 2.15 bits per heavy atom. The molecule has 0 fully saturated rings. The molecule has 0 bridgehead atoms. The van der Waals surface area contributed by atoms with Crippen LogP contribution in [0.2, 0.25) is 0 Å². The second kappa shape index (κ2) is 5.91. The van der Waals surface area contributed by atoms with Gasteiger partial charge < -0.3 is 5.32 Å². The number of alkyl halides is 1. The van der Waals surface area contributed by atoms with Crippen molar-refractivity contribution in [2.45, 2.75) is 38.1 Å². The standard InChI is InChI=1S/C9H18BrNOS/c1-5-13-6-7(2)11-8(12)9(3,4)10/h7H,5-6H2,1-4H3,(H,11,12). The molecule has 1 unspecified atom stereocenters. The summed E-state index contributed by atoms with van der Waals surface area (Å²) >= 11 is 5.16. The van der Waals surface area contributed by atoms with E-state index >= 15 is 0 Å². The highest BCUT2D eigenvalue weighted by atomic mass is 79.9. The molecule has 0 spiro atoms. The van der Waals surface area contributed by atoms with Gasteiger partial charge in [-0.25, -0.2) is 0 Å². The molecule has 0 aromatic carbocycles. The predicted molar refractivity (Wildman–Crippen MR) is 63.6 cm³/mol. The summed E-state index contributed by atoms with van der Waals surface area (Å²) in [5, 5.41) is 2.95. The summed E-state index contributed by atoms with van der Waals surface area (Å²) in [5.74, 6) is 2.13. The quantitative estimate of drug-likeness (QED) is 0.776. The molecule has 1 N–H and O–H groups in total. The SMILES string of the molecule is CCSCC(C)NC(=O)C(C)(C)Br. The maximum absolute atomic E-state index is 11.5. The first-order chi connectivity index (χ1) is 5.88. The highest BCUT2D eigenvalue weighted by Crippen LogP contribution is 2.15. The van der Waals surface area contributed by atoms with Gasteiger partial charge in [0, 0.05) is 11.8 Å². The Kier molecular flexibility index (Phi) is 6.05. The van der Waals surface area contributed by atoms with E-state index in [-0.39, 0.29) is 11.9 Å². The Balaban J connectivity index is 3.79. The number of thioether (sulfide) groups is 1. The minimum absolute atomic E-state index is 0.0525. The lowest BCUT2D eigenvalue weighted by Gasteiger charge is -2.20. The molecule has 0 saturated carbocycles. The maximum atomic E-state index is 11.5. The largest absolute Gasteiger partial charge is 0.352 e. The second-order valence-electron chi connectivity index (χ2n) is 3.51. The number of carbonyl (C=O) groups excluding carboxylic acids is 1. The molecule has 4 heteroatoms. The van der Waals surface area contributed by atoms with E-state index in [9.17, 15) is 4.79 Å². The average molecular weight is 268 g/mol. The van der Waals surface area contributed by atoms with Crippen molar-refractivity contribution in [3.05, 3.63) is 0 Å². The normalized spacial score (nSPS) is 13.9. The van der Waals surface area contributed by atoms with Crippen molar-refractivity contribution in [3.8, 4) is 0 Å². The van der Waals surface area contributed by atoms with Crippen molar-refractivity contribution in [1.29, 1.82) is 0 Å². The molecule has 0 radical (unpaired) electrons. The van der Waals surface area contributed by atoms with Crippen LogP contribution in [0.3, 0.4) is 0 Å². The number of carbonyl (C=O) groups is 1. The van der Waals surface area contributed by atoms with Crippen LogP contribution in [-0.4, -0.2) is 27.8 Å². The Morgan fingerprint density at radius 3 is 2.54 bits per heavy atom. The van der Waals surface area contributed by atoms with Gasteiger partial charge in [-0.15, -0.1) is 0 Å². The Morgan fingerprint density at radius 1 is 1.62 bits per heavy atom. The first-order valence-electron chi connectivity index (χ1n) is 4.45. The van der Waals surface area contributed by atoms with Crippen molar-refractivity contribution in [1.82, 2.24) is 5.32 Å². The van der Waals surface area contributed by atoms with E-state index in [1.165, 1.54) is 0 Å². The van der Waals surface area contributed by atoms with E-state index in [2.05, 4.69) is 28.2 Å². The molecule has 0 aromatic rings. The van der Waals surface area contributed by atoms with Gasteiger partial charge in [-0.1, -0.05) is 22.9 Å². The van der Waals surface area contributed by atoms with Crippen LogP contribution in [-0.2, 0) is 4.79 Å². The topological polar surface area (TPSA) is 29.1 Å². The summed E-state index contributed by atoms with van der Waals surface area (Å²) in [6.07, 6.45) is 0. The van der Waals surface area contributed by atoms with Gasteiger partial charge in [0.1, 0.15) is 0 Å². The average Bonchev–Trinajstić information content (AvgIpc) is 1.99. The lowest BCUT2D eigenvalue weighted by Crippen LogP contribution is -2.43. The fraction of sp³-hybridized carbons (Fsp3) is 0.889. The number of hydrogen-bond donors (Lipinski definition) is 1. The van der Waals surface area contributed by atoms with Gasteiger partial charge in [-0.05, 0) is 26.5 Å². The third-order valence-corrected chi connectivity index (χ3v) is 2.99. The monoisotopic (exact) mass is 267 g/mol. The summed E-state index contributed by atoms with van der Waals surface area (Å²) in [6, 6.07) is 0.245. The summed E-state index contributed by atoms with van der Waals surface area (Å²) in [7, 11) is 0. The number of rotatable bonds is 5. The highest BCUT2D eigenvalue weighted by molar-refractivity contribution is 9.10. The molecule has 0 aromatic heterocycles. The van der Waals surface area contributed by atoms with Gasteiger partial charge in [0.2, 0.25) is 5.91 Å². The lowest BCUT2D eigenvalue weighted by atomic mass is 10.2. The zero-order chi connectivity index (χ0) is 10.5. The van der Waals surface area contributed by atoms with E-state index in [1.807, 2.05) is 32.5 Å². The second-order valence-corrected chi connectivity index (χ2v) is 6.81. The smallest absolute Gasteiger partial charge is 0.236 e. The van der Waals surface area contributed by atoms with Crippen LogP contribution >= 0.6 is 27.7 Å². The lowest BCUT2D eigenvalue weighted by molar-refractivity contribution is -0.122. The zero-order valence-electron chi connectivity index (χ0n) is 8.69. The minimum atomic E-state index is -0.460. The predicted octanol–water partition coefficient (Wildman–Crippen LogP) is 2.42. The summed E-state index contributed by atoms with van der Waals surface area (Å²) in [4.78, 5) is 11.5. The molecule has 1 atom stereocenters. The van der Waals surface area contributed by atoms with Gasteiger partial charge in [-0.2, -0.15) is 11.8 Å². The number of halogens is 1. The van der Waals surface area contributed by atoms with Crippen LogP contribution in [0, 0.1) is 0 Å². The van der Waals surface area contributed by atoms with E-state index in [1.54, 1.807) is 0 Å². The van der Waals surface area contributed by atoms with Gasteiger partial charge in [0.05, 0.1) is 4.32 Å². The van der Waals surface area contributed by atoms with Gasteiger partial charge in [0.25, 0.3) is 0 Å². The van der Waals surface area contributed by atoms with Gasteiger partial charge in [-0.3, -0.25) is 4.79 Å². The molecule has 0 heterocycles. The Bertz CT molecular complexity index is 167. The summed E-state index contributed by atoms with van der Waals surface area (Å²) in [6.45, 7) is 7.84. The summed E-state index contributed by atoms with van der Waals surface area (Å²) in [5.41, 5.74) is 0. The first kappa shape index (κ1) is 13.3. The van der Waals surface area contributed by atoms with Crippen molar-refractivity contribution in [2.75, 3.05) is 11.5 Å². The number of hydrogen-bond acceptors (Lipinski definition) is 2. The van der Waals surface area contributed by atoms with Crippen LogP contribution < -0.4 is 5.32 Å². The zero-order valence-corrected chi connectivity index (χ0v) is 11.1. The van der Waals surface area contributed by atoms with Crippen LogP contribution in [0.15, 0.2) is 0 Å². The fourth-order valence-electron chi connectivity index (χ4n) is 0.732. The van der Waals surface area contributed by atoms with E-state index in [0.29, 0.717) is 0 Å². The molecule has 0 saturated heterocycles. The number of amides is 1. The Labute approximate surface area is 93.4 Å². The van der Waals surface area contributed by atoms with Crippen LogP contribution in [0.5, 0.6) is 0 Å². The molecule has 1 amide bonds. The van der Waals surface area contributed by atoms with Crippen molar-refractivity contribution in [2.24, 2.45) is 0 Å². The maximum Gasteiger partial charge on any atom is 0.236 e. The van der Waals surface area contributed by atoms with Gasteiger partial charge in [0.15, 0.2) is 0 Å². The van der Waals surface area contributed by atoms with Crippen molar-refractivity contribution < 1.29 is 4.79 Å². The third-order valence-electron chi connectivity index (χ3n) is 1.49. The van der Waals surface area contributed by atoms with Crippen molar-refractivity contribution in [3.63, 3.8) is 0 Å². The molecule has 13 heavy (non-hydrogen) atoms. The molecule has 2 nitrogen and oxygen atoms in total. The fourth-order valence-corrected chi connectivity index (χ4v) is 1.52. The highest BCUT2D eigenvalue weighted by Gasteiger charge is 2.24. The molecular weight excluding hydrogens is 250 g/mol. The Hall–Kier alpha value is 0.300. The molecule has 0 aliphatic rings. The summed E-state index contributed by atoms with van der Waals surface area (Å²) < 4.78 is -0.460. The minimum Gasteiger partial charge on any atom is -0.352 e. The van der Waals surface area contributed by atoms with Crippen LogP contribution in [0.1, 0.15) is 27.7 Å². The van der Waals surface area contributed by atoms with Crippen molar-refractivity contribution >= 4 is 33.6 Å². The van der Waals surface area contributed by atoms with E-state index in [0.717, 1.165) is 11.5 Å². The molecule has 0 rings (SSSR count). The molecule has 78 valence electrons. The third kappa shape index (κ3) is 6.38. The molecular formula is C9H18BrNOS. The van der Waals surface area contributed by atoms with E-state index < -0.39 is 4.32 Å². The number of nitrogens with one attached hydrogen (secondary N) is 1. The first-order valence-corrected chi connectivity index (χ1v) is 6.40. The van der Waals surface area contributed by atoms with Crippen LogP contribution in [0.25, 0.3) is 0 Å². The molecule has 0 aliphatic carbocycles.